The van der Waals surface area contributed by atoms with E-state index in [1.807, 2.05) is 39.0 Å². The average Bonchev–Trinajstić information content (AvgIpc) is 3.42. The quantitative estimate of drug-likeness (QED) is 0.273. The molecule has 0 atom stereocenters. The van der Waals surface area contributed by atoms with Gasteiger partial charge in [-0.05, 0) is 41.3 Å². The molecular weight excluding hydrogens is 406 g/mol. The molecule has 4 heteroatoms. The minimum absolute atomic E-state index is 0.0192. The van der Waals surface area contributed by atoms with Crippen LogP contribution in [-0.2, 0) is 11.2 Å². The highest BCUT2D eigenvalue weighted by Crippen LogP contribution is 2.38. The van der Waals surface area contributed by atoms with Gasteiger partial charge in [-0.1, -0.05) is 75.4 Å². The van der Waals surface area contributed by atoms with Gasteiger partial charge in [-0.3, -0.25) is 4.79 Å². The molecule has 2 heterocycles. The molecule has 5 aromatic rings. The first kappa shape index (κ1) is 21.1. The maximum absolute atomic E-state index is 12.8. The van der Waals surface area contributed by atoms with Crippen LogP contribution in [0.25, 0.3) is 21.8 Å². The fraction of sp³-hybridized carbons (Fsp3) is 0.207. The van der Waals surface area contributed by atoms with Gasteiger partial charge in [0.2, 0.25) is 5.91 Å². The molecule has 0 aliphatic rings. The fourth-order valence-electron chi connectivity index (χ4n) is 4.50. The molecule has 1 amide bonds. The van der Waals surface area contributed by atoms with Gasteiger partial charge in [0.05, 0.1) is 0 Å². The van der Waals surface area contributed by atoms with Crippen molar-refractivity contribution in [3.8, 4) is 0 Å². The Kier molecular flexibility index (Phi) is 5.29. The van der Waals surface area contributed by atoms with Crippen LogP contribution in [0.4, 0.5) is 5.69 Å². The van der Waals surface area contributed by atoms with Crippen LogP contribution in [0.2, 0.25) is 0 Å². The van der Waals surface area contributed by atoms with Gasteiger partial charge in [-0.2, -0.15) is 0 Å². The van der Waals surface area contributed by atoms with Crippen molar-refractivity contribution in [1.82, 2.24) is 9.97 Å². The Morgan fingerprint density at radius 1 is 0.788 bits per heavy atom. The van der Waals surface area contributed by atoms with Crippen molar-refractivity contribution < 1.29 is 4.79 Å². The van der Waals surface area contributed by atoms with Gasteiger partial charge in [-0.25, -0.2) is 0 Å². The zero-order valence-corrected chi connectivity index (χ0v) is 19.3. The second kappa shape index (κ2) is 8.28. The van der Waals surface area contributed by atoms with Gasteiger partial charge < -0.3 is 15.3 Å². The number of nitrogens with one attached hydrogen (secondary N) is 3. The van der Waals surface area contributed by atoms with Gasteiger partial charge in [0.1, 0.15) is 0 Å². The zero-order valence-electron chi connectivity index (χ0n) is 19.3. The Morgan fingerprint density at radius 3 is 1.88 bits per heavy atom. The van der Waals surface area contributed by atoms with Crippen molar-refractivity contribution in [2.45, 2.75) is 33.1 Å². The maximum atomic E-state index is 12.8. The molecule has 0 aliphatic carbocycles. The summed E-state index contributed by atoms with van der Waals surface area (Å²) in [5, 5.41) is 5.62. The predicted octanol–water partition coefficient (Wildman–Crippen LogP) is 7.01. The largest absolute Gasteiger partial charge is 0.361 e. The second-order valence-electron chi connectivity index (χ2n) is 9.70. The van der Waals surface area contributed by atoms with Gasteiger partial charge in [-0.15, -0.1) is 0 Å². The van der Waals surface area contributed by atoms with Crippen LogP contribution >= 0.6 is 0 Å². The molecule has 4 nitrogen and oxygen atoms in total. The van der Waals surface area contributed by atoms with Crippen LogP contribution in [0.15, 0.2) is 85.2 Å². The van der Waals surface area contributed by atoms with Crippen LogP contribution in [0.5, 0.6) is 0 Å². The average molecular weight is 436 g/mol. The van der Waals surface area contributed by atoms with Crippen LogP contribution in [0.3, 0.4) is 0 Å². The number of carbonyl (C=O) groups excluding carboxylic acids is 1. The van der Waals surface area contributed by atoms with Crippen molar-refractivity contribution >= 4 is 33.4 Å². The second-order valence-corrected chi connectivity index (χ2v) is 9.70. The summed E-state index contributed by atoms with van der Waals surface area (Å²) < 4.78 is 0. The lowest BCUT2D eigenvalue weighted by Gasteiger charge is -2.22. The number of amides is 1. The molecule has 3 aromatic carbocycles. The maximum Gasteiger partial charge on any atom is 0.229 e. The summed E-state index contributed by atoms with van der Waals surface area (Å²) in [6.07, 6.45) is 5.03. The third-order valence-electron chi connectivity index (χ3n) is 6.36. The predicted molar refractivity (Wildman–Crippen MR) is 137 cm³/mol. The van der Waals surface area contributed by atoms with E-state index in [9.17, 15) is 4.79 Å². The molecule has 0 bridgehead atoms. The first-order chi connectivity index (χ1) is 15.9. The van der Waals surface area contributed by atoms with Crippen molar-refractivity contribution in [3.05, 3.63) is 102 Å². The number of para-hydroxylation sites is 3. The van der Waals surface area contributed by atoms with E-state index in [0.717, 1.165) is 28.7 Å². The molecule has 0 saturated heterocycles. The van der Waals surface area contributed by atoms with E-state index in [1.54, 1.807) is 0 Å². The number of hydrogen-bond donors (Lipinski definition) is 3. The van der Waals surface area contributed by atoms with Gasteiger partial charge in [0, 0.05) is 51.2 Å². The Labute approximate surface area is 194 Å². The zero-order chi connectivity index (χ0) is 23.0. The normalized spacial score (nSPS) is 12.0. The Hall–Kier alpha value is -3.79. The van der Waals surface area contributed by atoms with Crippen molar-refractivity contribution in [3.63, 3.8) is 0 Å². The third-order valence-corrected chi connectivity index (χ3v) is 6.36. The number of anilines is 1. The number of aromatic nitrogens is 2. The minimum Gasteiger partial charge on any atom is -0.361 e. The van der Waals surface area contributed by atoms with Crippen LogP contribution in [0.1, 0.15) is 43.4 Å². The summed E-state index contributed by atoms with van der Waals surface area (Å²) in [6, 6.07) is 25.0. The highest BCUT2D eigenvalue weighted by Gasteiger charge is 2.25. The number of benzene rings is 3. The van der Waals surface area contributed by atoms with Crippen molar-refractivity contribution in [1.29, 1.82) is 0 Å². The lowest BCUT2D eigenvalue weighted by molar-refractivity contribution is -0.123. The number of carbonyl (C=O) groups is 1. The van der Waals surface area contributed by atoms with E-state index in [2.05, 4.69) is 82.3 Å². The van der Waals surface area contributed by atoms with E-state index in [1.165, 1.54) is 21.9 Å². The summed E-state index contributed by atoms with van der Waals surface area (Å²) in [5.74, 6) is 0.135. The fourth-order valence-corrected chi connectivity index (χ4v) is 4.50. The molecule has 166 valence electrons. The smallest absolute Gasteiger partial charge is 0.229 e. The van der Waals surface area contributed by atoms with Crippen LogP contribution in [0, 0.1) is 5.41 Å². The summed E-state index contributed by atoms with van der Waals surface area (Å²) in [5.41, 5.74) is 6.32. The summed E-state index contributed by atoms with van der Waals surface area (Å²) in [6.45, 7) is 5.81. The molecule has 0 spiro atoms. The topological polar surface area (TPSA) is 60.7 Å². The third kappa shape index (κ3) is 4.05. The first-order valence-corrected chi connectivity index (χ1v) is 11.4. The minimum atomic E-state index is -0.458. The summed E-state index contributed by atoms with van der Waals surface area (Å²) >= 11 is 0. The van der Waals surface area contributed by atoms with Gasteiger partial charge >= 0.3 is 0 Å². The number of H-pyrrole nitrogens is 2. The van der Waals surface area contributed by atoms with Gasteiger partial charge in [0.25, 0.3) is 0 Å². The Morgan fingerprint density at radius 2 is 1.30 bits per heavy atom. The molecule has 0 fully saturated rings. The standard InChI is InChI=1S/C29H29N3O/c1-29(2,3)28(33)32-25-13-7-4-10-19(25)16-22(23-17-30-26-14-8-5-11-20(23)26)24-18-31-27-15-9-6-12-21(24)27/h4-15,17-18,22,30-31H,16H2,1-3H3,(H,32,33). The molecule has 0 saturated carbocycles. The Bertz CT molecular complexity index is 1360. The molecule has 2 aromatic heterocycles. The van der Waals surface area contributed by atoms with E-state index in [0.29, 0.717) is 0 Å². The van der Waals surface area contributed by atoms with Gasteiger partial charge in [0.15, 0.2) is 0 Å². The number of fused-ring (bicyclic) bond motifs is 2. The Balaban J connectivity index is 1.62. The van der Waals surface area contributed by atoms with Crippen molar-refractivity contribution in [2.24, 2.45) is 5.41 Å². The highest BCUT2D eigenvalue weighted by molar-refractivity contribution is 5.95. The lowest BCUT2D eigenvalue weighted by atomic mass is 9.85. The van der Waals surface area contributed by atoms with Crippen LogP contribution < -0.4 is 5.32 Å². The summed E-state index contributed by atoms with van der Waals surface area (Å²) in [4.78, 5) is 19.7. The highest BCUT2D eigenvalue weighted by atomic mass is 16.2. The molecule has 0 aliphatic heterocycles. The lowest BCUT2D eigenvalue weighted by Crippen LogP contribution is -2.28. The monoisotopic (exact) mass is 435 g/mol. The van der Waals surface area contributed by atoms with Crippen molar-refractivity contribution in [2.75, 3.05) is 5.32 Å². The van der Waals surface area contributed by atoms with Crippen LogP contribution in [-0.4, -0.2) is 15.9 Å². The molecule has 5 rings (SSSR count). The molecule has 3 N–H and O–H groups in total. The van der Waals surface area contributed by atoms with E-state index >= 15 is 0 Å². The molecular formula is C29H29N3O. The molecule has 0 radical (unpaired) electrons. The number of rotatable bonds is 5. The number of aromatic amines is 2. The number of hydrogen-bond acceptors (Lipinski definition) is 1. The molecule has 33 heavy (non-hydrogen) atoms. The SMILES string of the molecule is CC(C)(C)C(=O)Nc1ccccc1CC(c1c[nH]c2ccccc12)c1c[nH]c2ccccc12. The van der Waals surface area contributed by atoms with E-state index in [4.69, 9.17) is 0 Å². The van der Waals surface area contributed by atoms with E-state index in [-0.39, 0.29) is 11.8 Å². The molecule has 0 unspecified atom stereocenters. The summed E-state index contributed by atoms with van der Waals surface area (Å²) in [7, 11) is 0. The first-order valence-electron chi connectivity index (χ1n) is 11.4. The van der Waals surface area contributed by atoms with E-state index < -0.39 is 5.41 Å².